The number of hydrogen-bond acceptors (Lipinski definition) is 3. The molecule has 3 aromatic rings. The minimum absolute atomic E-state index is 0.260. The molecule has 0 fully saturated rings. The van der Waals surface area contributed by atoms with Crippen molar-refractivity contribution in [1.29, 1.82) is 0 Å². The fraction of sp³-hybridized carbons (Fsp3) is 0.0769. The maximum absolute atomic E-state index is 12.1. The minimum atomic E-state index is -0.310. The second kappa shape index (κ2) is 4.55. The molecule has 3 rings (SSSR count). The molecule has 0 bridgehead atoms. The van der Waals surface area contributed by atoms with E-state index in [9.17, 15) is 4.79 Å². The molecular weight excluding hydrogens is 310 g/mol. The third-order valence-electron chi connectivity index (χ3n) is 2.79. The van der Waals surface area contributed by atoms with Gasteiger partial charge in [-0.2, -0.15) is 5.10 Å². The highest BCUT2D eigenvalue weighted by molar-refractivity contribution is 9.10. The van der Waals surface area contributed by atoms with Gasteiger partial charge in [0, 0.05) is 10.9 Å². The van der Waals surface area contributed by atoms with Crippen molar-refractivity contribution in [3.05, 3.63) is 46.3 Å². The number of H-pyrrole nitrogens is 1. The lowest BCUT2D eigenvalue weighted by atomic mass is 10.2. The first kappa shape index (κ1) is 12.0. The van der Waals surface area contributed by atoms with Crippen molar-refractivity contribution < 1.29 is 9.21 Å². The highest BCUT2D eigenvalue weighted by Crippen LogP contribution is 2.27. The van der Waals surface area contributed by atoms with E-state index in [-0.39, 0.29) is 11.7 Å². The minimum Gasteiger partial charge on any atom is -0.450 e. The van der Waals surface area contributed by atoms with Gasteiger partial charge in [-0.3, -0.25) is 9.89 Å². The summed E-state index contributed by atoms with van der Waals surface area (Å²) in [5.41, 5.74) is 1.53. The predicted molar refractivity (Wildman–Crippen MR) is 75.2 cm³/mol. The van der Waals surface area contributed by atoms with Gasteiger partial charge in [0.15, 0.2) is 5.76 Å². The van der Waals surface area contributed by atoms with Gasteiger partial charge in [0.1, 0.15) is 11.4 Å². The van der Waals surface area contributed by atoms with Gasteiger partial charge < -0.3 is 9.73 Å². The van der Waals surface area contributed by atoms with E-state index in [1.807, 2.05) is 25.1 Å². The SMILES string of the molecule is Cc1cn[nH]c1NC(=O)c1cc2cccc(Br)c2o1. The number of carbonyl (C=O) groups is 1. The van der Waals surface area contributed by atoms with Crippen LogP contribution in [-0.2, 0) is 0 Å². The number of carbonyl (C=O) groups excluding carboxylic acids is 1. The number of aromatic amines is 1. The third-order valence-corrected chi connectivity index (χ3v) is 3.41. The molecule has 0 aliphatic rings. The summed E-state index contributed by atoms with van der Waals surface area (Å²) in [6, 6.07) is 7.36. The Balaban J connectivity index is 1.94. The number of para-hydroxylation sites is 1. The van der Waals surface area contributed by atoms with E-state index < -0.39 is 0 Å². The molecule has 5 nitrogen and oxygen atoms in total. The number of benzene rings is 1. The molecule has 2 heterocycles. The second-order valence-corrected chi connectivity index (χ2v) is 5.01. The zero-order valence-electron chi connectivity index (χ0n) is 10.0. The van der Waals surface area contributed by atoms with Crippen LogP contribution < -0.4 is 5.32 Å². The van der Waals surface area contributed by atoms with E-state index in [2.05, 4.69) is 31.4 Å². The van der Waals surface area contributed by atoms with Gasteiger partial charge in [-0.25, -0.2) is 0 Å². The van der Waals surface area contributed by atoms with Crippen LogP contribution >= 0.6 is 15.9 Å². The zero-order valence-corrected chi connectivity index (χ0v) is 11.6. The summed E-state index contributed by atoms with van der Waals surface area (Å²) in [4.78, 5) is 12.1. The molecule has 19 heavy (non-hydrogen) atoms. The molecule has 0 saturated heterocycles. The number of fused-ring (bicyclic) bond motifs is 1. The maximum atomic E-state index is 12.1. The van der Waals surface area contributed by atoms with Crippen molar-refractivity contribution in [3.63, 3.8) is 0 Å². The normalized spacial score (nSPS) is 10.8. The molecule has 0 aliphatic carbocycles. The molecule has 0 radical (unpaired) electrons. The van der Waals surface area contributed by atoms with E-state index in [0.29, 0.717) is 11.4 Å². The first-order valence-electron chi connectivity index (χ1n) is 5.64. The molecule has 6 heteroatoms. The monoisotopic (exact) mass is 319 g/mol. The standard InChI is InChI=1S/C13H10BrN3O2/c1-7-6-15-17-12(7)16-13(18)10-5-8-3-2-4-9(14)11(8)19-10/h2-6H,1H3,(H2,15,16,17,18). The zero-order chi connectivity index (χ0) is 13.4. The number of amides is 1. The third kappa shape index (κ3) is 2.15. The summed E-state index contributed by atoms with van der Waals surface area (Å²) in [6.07, 6.45) is 1.64. The molecular formula is C13H10BrN3O2. The van der Waals surface area contributed by atoms with Crippen molar-refractivity contribution in [2.45, 2.75) is 6.92 Å². The Hall–Kier alpha value is -2.08. The van der Waals surface area contributed by atoms with Gasteiger partial charge in [-0.1, -0.05) is 12.1 Å². The van der Waals surface area contributed by atoms with Crippen molar-refractivity contribution in [2.24, 2.45) is 0 Å². The Morgan fingerprint density at radius 2 is 2.32 bits per heavy atom. The van der Waals surface area contributed by atoms with Gasteiger partial charge >= 0.3 is 0 Å². The van der Waals surface area contributed by atoms with E-state index in [1.165, 1.54) is 0 Å². The number of rotatable bonds is 2. The highest BCUT2D eigenvalue weighted by atomic mass is 79.9. The average Bonchev–Trinajstić information content (AvgIpc) is 2.97. The maximum Gasteiger partial charge on any atom is 0.292 e. The number of nitrogens with one attached hydrogen (secondary N) is 2. The molecule has 2 N–H and O–H groups in total. The molecule has 2 aromatic heterocycles. The van der Waals surface area contributed by atoms with Crippen molar-refractivity contribution >= 4 is 38.6 Å². The van der Waals surface area contributed by atoms with Gasteiger partial charge in [0.25, 0.3) is 5.91 Å². The van der Waals surface area contributed by atoms with Crippen LogP contribution in [0.25, 0.3) is 11.0 Å². The van der Waals surface area contributed by atoms with E-state index in [0.717, 1.165) is 15.4 Å². The van der Waals surface area contributed by atoms with Crippen molar-refractivity contribution in [3.8, 4) is 0 Å². The smallest absolute Gasteiger partial charge is 0.292 e. The fourth-order valence-electron chi connectivity index (χ4n) is 1.79. The fourth-order valence-corrected chi connectivity index (χ4v) is 2.25. The Bertz CT molecular complexity index is 760. The van der Waals surface area contributed by atoms with Crippen LogP contribution in [0.3, 0.4) is 0 Å². The Morgan fingerprint density at radius 3 is 3.00 bits per heavy atom. The lowest BCUT2D eigenvalue weighted by molar-refractivity contribution is 0.0998. The number of halogens is 1. The molecule has 0 spiro atoms. The summed E-state index contributed by atoms with van der Waals surface area (Å²) < 4.78 is 6.38. The van der Waals surface area contributed by atoms with Gasteiger partial charge in [-0.05, 0) is 35.0 Å². The lowest BCUT2D eigenvalue weighted by Crippen LogP contribution is -2.11. The van der Waals surface area contributed by atoms with Crippen LogP contribution in [0.1, 0.15) is 16.1 Å². The summed E-state index contributed by atoms with van der Waals surface area (Å²) in [7, 11) is 0. The number of furan rings is 1. The highest BCUT2D eigenvalue weighted by Gasteiger charge is 2.15. The van der Waals surface area contributed by atoms with Crippen LogP contribution in [0.15, 0.2) is 39.4 Å². The Morgan fingerprint density at radius 1 is 1.47 bits per heavy atom. The first-order valence-corrected chi connectivity index (χ1v) is 6.44. The molecule has 1 amide bonds. The van der Waals surface area contributed by atoms with Crippen molar-refractivity contribution in [2.75, 3.05) is 5.32 Å². The topological polar surface area (TPSA) is 70.9 Å². The molecule has 1 aromatic carbocycles. The number of aromatic nitrogens is 2. The summed E-state index contributed by atoms with van der Waals surface area (Å²) in [5, 5.41) is 10.2. The molecule has 0 atom stereocenters. The van der Waals surface area contributed by atoms with Crippen LogP contribution in [0.5, 0.6) is 0 Å². The van der Waals surface area contributed by atoms with Crippen LogP contribution in [0.4, 0.5) is 5.82 Å². The van der Waals surface area contributed by atoms with Crippen LogP contribution in [0.2, 0.25) is 0 Å². The number of hydrogen-bond donors (Lipinski definition) is 2. The van der Waals surface area contributed by atoms with Gasteiger partial charge in [0.2, 0.25) is 0 Å². The predicted octanol–water partition coefficient (Wildman–Crippen LogP) is 3.48. The van der Waals surface area contributed by atoms with Crippen molar-refractivity contribution in [1.82, 2.24) is 10.2 Å². The first-order chi connectivity index (χ1) is 9.15. The largest absolute Gasteiger partial charge is 0.450 e. The van der Waals surface area contributed by atoms with E-state index >= 15 is 0 Å². The lowest BCUT2D eigenvalue weighted by Gasteiger charge is -2.00. The van der Waals surface area contributed by atoms with Crippen LogP contribution in [0, 0.1) is 6.92 Å². The second-order valence-electron chi connectivity index (χ2n) is 4.15. The molecule has 0 unspecified atom stereocenters. The van der Waals surface area contributed by atoms with E-state index in [4.69, 9.17) is 4.42 Å². The Kier molecular flexibility index (Phi) is 2.87. The van der Waals surface area contributed by atoms with E-state index in [1.54, 1.807) is 12.3 Å². The average molecular weight is 320 g/mol. The number of anilines is 1. The molecule has 96 valence electrons. The number of aryl methyl sites for hydroxylation is 1. The summed E-state index contributed by atoms with van der Waals surface area (Å²) in [5.74, 6) is 0.524. The van der Waals surface area contributed by atoms with Gasteiger partial charge in [0.05, 0.1) is 10.7 Å². The quantitative estimate of drug-likeness (QED) is 0.759. The number of nitrogens with zero attached hydrogens (tertiary/aromatic N) is 1. The summed E-state index contributed by atoms with van der Waals surface area (Å²) >= 11 is 3.39. The van der Waals surface area contributed by atoms with Crippen LogP contribution in [-0.4, -0.2) is 16.1 Å². The Labute approximate surface area is 117 Å². The molecule has 0 aliphatic heterocycles. The summed E-state index contributed by atoms with van der Waals surface area (Å²) in [6.45, 7) is 1.86. The van der Waals surface area contributed by atoms with Gasteiger partial charge in [-0.15, -0.1) is 0 Å². The molecule has 0 saturated carbocycles.